The first-order valence-electron chi connectivity index (χ1n) is 12.4. The van der Waals surface area contributed by atoms with Crippen LogP contribution in [0.25, 0.3) is 11.1 Å². The molecule has 0 radical (unpaired) electrons. The van der Waals surface area contributed by atoms with Crippen LogP contribution in [0.3, 0.4) is 0 Å². The van der Waals surface area contributed by atoms with Crippen molar-refractivity contribution in [2.24, 2.45) is 5.41 Å². The molecule has 1 heterocycles. The summed E-state index contributed by atoms with van der Waals surface area (Å²) >= 11 is 0. The van der Waals surface area contributed by atoms with Crippen LogP contribution in [0.1, 0.15) is 67.3 Å². The minimum Gasteiger partial charge on any atom is -0.493 e. The predicted octanol–water partition coefficient (Wildman–Crippen LogP) is 5.47. The highest BCUT2D eigenvalue weighted by Gasteiger charge is 2.53. The fourth-order valence-corrected chi connectivity index (χ4v) is 5.06. The highest BCUT2D eigenvalue weighted by molar-refractivity contribution is 5.96. The summed E-state index contributed by atoms with van der Waals surface area (Å²) in [6, 6.07) is 9.22. The third-order valence-corrected chi connectivity index (χ3v) is 7.39. The Morgan fingerprint density at radius 1 is 0.943 bits per heavy atom. The largest absolute Gasteiger partial charge is 0.493 e. The molecule has 0 aromatic heterocycles. The number of hydrogen-bond donors (Lipinski definition) is 0. The number of rotatable bonds is 8. The fourth-order valence-electron chi connectivity index (χ4n) is 5.06. The summed E-state index contributed by atoms with van der Waals surface area (Å²) in [5, 5.41) is 0. The molecule has 0 spiro atoms. The molecule has 2 fully saturated rings. The van der Waals surface area contributed by atoms with E-state index < -0.39 is 5.41 Å². The summed E-state index contributed by atoms with van der Waals surface area (Å²) in [7, 11) is 3.13. The average molecular weight is 481 g/mol. The van der Waals surface area contributed by atoms with Gasteiger partial charge in [-0.25, -0.2) is 4.79 Å². The van der Waals surface area contributed by atoms with Crippen molar-refractivity contribution < 1.29 is 33.3 Å². The lowest BCUT2D eigenvalue weighted by Crippen LogP contribution is -2.29. The van der Waals surface area contributed by atoms with Crippen LogP contribution >= 0.6 is 0 Å². The standard InChI is InChI=1S/C28H32O7/c1-31-23-13-12-20(19-10-7-11-21-22(19)16-33-26(21)29)24(25(23)32-2)34-17-28(14-15-28)27(30)35-18-8-5-3-4-6-9-18/h7,10-13,18H,3-6,8-9,14-17H2,1-2H3. The molecule has 2 aromatic carbocycles. The van der Waals surface area contributed by atoms with E-state index in [2.05, 4.69) is 0 Å². The van der Waals surface area contributed by atoms with E-state index in [4.69, 9.17) is 23.7 Å². The Morgan fingerprint density at radius 2 is 1.69 bits per heavy atom. The van der Waals surface area contributed by atoms with E-state index >= 15 is 0 Å². The molecule has 0 saturated heterocycles. The van der Waals surface area contributed by atoms with Gasteiger partial charge < -0.3 is 23.7 Å². The fraction of sp³-hybridized carbons (Fsp3) is 0.500. The topological polar surface area (TPSA) is 80.3 Å². The van der Waals surface area contributed by atoms with Gasteiger partial charge >= 0.3 is 11.9 Å². The Bertz CT molecular complexity index is 1110. The van der Waals surface area contributed by atoms with Crippen LogP contribution in [0, 0.1) is 5.41 Å². The van der Waals surface area contributed by atoms with E-state index in [1.165, 1.54) is 12.8 Å². The smallest absolute Gasteiger partial charge is 0.338 e. The van der Waals surface area contributed by atoms with Gasteiger partial charge in [0.1, 0.15) is 24.7 Å². The van der Waals surface area contributed by atoms with E-state index in [0.29, 0.717) is 22.8 Å². The van der Waals surface area contributed by atoms with Gasteiger partial charge in [0.05, 0.1) is 19.8 Å². The molecular weight excluding hydrogens is 448 g/mol. The molecule has 7 nitrogen and oxygen atoms in total. The van der Waals surface area contributed by atoms with Crippen molar-refractivity contribution in [2.75, 3.05) is 20.8 Å². The van der Waals surface area contributed by atoms with E-state index in [1.54, 1.807) is 20.3 Å². The first-order valence-corrected chi connectivity index (χ1v) is 12.4. The zero-order valence-corrected chi connectivity index (χ0v) is 20.4. The minimum atomic E-state index is -0.630. The summed E-state index contributed by atoms with van der Waals surface area (Å²) in [4.78, 5) is 25.3. The average Bonchev–Trinajstić information content (AvgIpc) is 3.64. The second-order valence-electron chi connectivity index (χ2n) is 9.67. The SMILES string of the molecule is COc1ccc(-c2cccc3c2COC3=O)c(OCC2(C(=O)OC3CCCCCC3)CC2)c1OC. The molecule has 2 aliphatic carbocycles. The van der Waals surface area contributed by atoms with Crippen LogP contribution < -0.4 is 14.2 Å². The number of fused-ring (bicyclic) bond motifs is 1. The third kappa shape index (κ3) is 4.56. The van der Waals surface area contributed by atoms with Gasteiger partial charge in [0.25, 0.3) is 0 Å². The van der Waals surface area contributed by atoms with Crippen LogP contribution in [0.4, 0.5) is 0 Å². The normalized spacial score (nSPS) is 18.7. The molecular formula is C28H32O7. The number of carbonyl (C=O) groups excluding carboxylic acids is 2. The number of esters is 2. The lowest BCUT2D eigenvalue weighted by atomic mass is 9.95. The first kappa shape index (κ1) is 23.5. The molecule has 0 atom stereocenters. The number of cyclic esters (lactones) is 1. The monoisotopic (exact) mass is 480 g/mol. The first-order chi connectivity index (χ1) is 17.1. The maximum atomic E-state index is 13.1. The highest BCUT2D eigenvalue weighted by atomic mass is 16.6. The molecule has 2 aromatic rings. The van der Waals surface area contributed by atoms with Gasteiger partial charge in [0.2, 0.25) is 5.75 Å². The number of hydrogen-bond acceptors (Lipinski definition) is 7. The number of carbonyl (C=O) groups is 2. The molecule has 7 heteroatoms. The van der Waals surface area contributed by atoms with Gasteiger partial charge in [0.15, 0.2) is 11.5 Å². The summed E-state index contributed by atoms with van der Waals surface area (Å²) in [6.45, 7) is 0.398. The van der Waals surface area contributed by atoms with Crippen LogP contribution in [-0.2, 0) is 20.9 Å². The predicted molar refractivity (Wildman–Crippen MR) is 129 cm³/mol. The minimum absolute atomic E-state index is 0.00818. The van der Waals surface area contributed by atoms with Crippen molar-refractivity contribution in [3.63, 3.8) is 0 Å². The Balaban J connectivity index is 1.43. The van der Waals surface area contributed by atoms with Crippen LogP contribution in [0.5, 0.6) is 17.2 Å². The molecule has 35 heavy (non-hydrogen) atoms. The van der Waals surface area contributed by atoms with Crippen molar-refractivity contribution in [3.05, 3.63) is 41.5 Å². The van der Waals surface area contributed by atoms with Gasteiger partial charge in [-0.2, -0.15) is 0 Å². The van der Waals surface area contributed by atoms with Crippen LogP contribution in [0.2, 0.25) is 0 Å². The van der Waals surface area contributed by atoms with Crippen molar-refractivity contribution in [1.82, 2.24) is 0 Å². The number of benzene rings is 2. The second-order valence-corrected chi connectivity index (χ2v) is 9.67. The Kier molecular flexibility index (Phi) is 6.58. The molecule has 5 rings (SSSR count). The van der Waals surface area contributed by atoms with E-state index in [1.807, 2.05) is 24.3 Å². The van der Waals surface area contributed by atoms with Gasteiger partial charge in [-0.15, -0.1) is 0 Å². The number of methoxy groups -OCH3 is 2. The number of ether oxygens (including phenoxy) is 5. The van der Waals surface area contributed by atoms with Gasteiger partial charge in [-0.1, -0.05) is 25.0 Å². The molecule has 0 N–H and O–H groups in total. The lowest BCUT2D eigenvalue weighted by molar-refractivity contribution is -0.157. The summed E-state index contributed by atoms with van der Waals surface area (Å²) in [6.07, 6.45) is 8.01. The lowest BCUT2D eigenvalue weighted by Gasteiger charge is -2.23. The second kappa shape index (κ2) is 9.80. The quantitative estimate of drug-likeness (QED) is 0.366. The third-order valence-electron chi connectivity index (χ3n) is 7.39. The van der Waals surface area contributed by atoms with Crippen molar-refractivity contribution in [2.45, 2.75) is 64.1 Å². The van der Waals surface area contributed by atoms with Gasteiger partial charge in [-0.3, -0.25) is 4.79 Å². The molecule has 0 bridgehead atoms. The zero-order valence-electron chi connectivity index (χ0n) is 20.4. The molecule has 1 aliphatic heterocycles. The van der Waals surface area contributed by atoms with Gasteiger partial charge in [0, 0.05) is 11.1 Å². The van der Waals surface area contributed by atoms with E-state index in [-0.39, 0.29) is 31.3 Å². The van der Waals surface area contributed by atoms with E-state index in [9.17, 15) is 9.59 Å². The van der Waals surface area contributed by atoms with Crippen molar-refractivity contribution in [3.8, 4) is 28.4 Å². The maximum absolute atomic E-state index is 13.1. The maximum Gasteiger partial charge on any atom is 0.338 e. The molecule has 3 aliphatic rings. The molecule has 186 valence electrons. The highest BCUT2D eigenvalue weighted by Crippen LogP contribution is 2.51. The van der Waals surface area contributed by atoms with E-state index in [0.717, 1.165) is 55.2 Å². The van der Waals surface area contributed by atoms with Crippen LogP contribution in [0.15, 0.2) is 30.3 Å². The van der Waals surface area contributed by atoms with Crippen molar-refractivity contribution in [1.29, 1.82) is 0 Å². The Morgan fingerprint density at radius 3 is 2.37 bits per heavy atom. The van der Waals surface area contributed by atoms with Gasteiger partial charge in [-0.05, 0) is 62.3 Å². The Hall–Kier alpha value is -3.22. The summed E-state index contributed by atoms with van der Waals surface area (Å²) in [5.74, 6) is 0.960. The molecule has 0 amide bonds. The summed E-state index contributed by atoms with van der Waals surface area (Å²) in [5.41, 5.74) is 2.31. The van der Waals surface area contributed by atoms with Crippen LogP contribution in [-0.4, -0.2) is 38.9 Å². The Labute approximate surface area is 205 Å². The summed E-state index contributed by atoms with van der Waals surface area (Å²) < 4.78 is 28.8. The van der Waals surface area contributed by atoms with Crippen molar-refractivity contribution >= 4 is 11.9 Å². The zero-order chi connectivity index (χ0) is 24.4. The molecule has 0 unspecified atom stereocenters. The molecule has 2 saturated carbocycles.